The zero-order valence-corrected chi connectivity index (χ0v) is 18.2. The molecule has 1 unspecified atom stereocenters. The first kappa shape index (κ1) is 20.6. The second-order valence-corrected chi connectivity index (χ2v) is 9.58. The number of furan rings is 1. The Morgan fingerprint density at radius 1 is 1.25 bits per heavy atom. The number of hydrogen-bond donors (Lipinski definition) is 2. The van der Waals surface area contributed by atoms with Crippen LogP contribution in [0.5, 0.6) is 0 Å². The summed E-state index contributed by atoms with van der Waals surface area (Å²) in [6.45, 7) is 4.04. The molecule has 0 radical (unpaired) electrons. The molecule has 28 heavy (non-hydrogen) atoms. The Morgan fingerprint density at radius 3 is 2.71 bits per heavy atom. The number of nitrogens with one attached hydrogen (secondary N) is 2. The molecule has 3 aromatic heterocycles. The molecule has 148 valence electrons. The van der Waals surface area contributed by atoms with E-state index in [1.807, 2.05) is 19.2 Å². The van der Waals surface area contributed by atoms with Crippen molar-refractivity contribution in [2.24, 2.45) is 0 Å². The average molecular weight is 436 g/mol. The molecule has 0 saturated carbocycles. The van der Waals surface area contributed by atoms with Crippen LogP contribution in [0.15, 0.2) is 34.9 Å². The largest absolute Gasteiger partial charge is 0.459 e. The number of anilines is 1. The predicted molar refractivity (Wildman–Crippen MR) is 116 cm³/mol. The molecule has 0 aliphatic carbocycles. The Hall–Kier alpha value is -2.10. The lowest BCUT2D eigenvalue weighted by atomic mass is 10.2. The van der Waals surface area contributed by atoms with E-state index < -0.39 is 11.9 Å². The fourth-order valence-electron chi connectivity index (χ4n) is 2.57. The monoisotopic (exact) mass is 435 g/mol. The highest BCUT2D eigenvalue weighted by Gasteiger charge is 2.24. The fourth-order valence-corrected chi connectivity index (χ4v) is 4.86. The van der Waals surface area contributed by atoms with Gasteiger partial charge in [0.15, 0.2) is 10.9 Å². The standard InChI is InChI=1S/C19H21N3O3S3/c1-11-6-7-15(27-11)16-12(2)28-19(21-16)22-17(23)13(8-10-26-3)20-18(24)14-5-4-9-25-14/h4-7,9,13H,8,10H2,1-3H3,(H,20,24)(H,21,22,23). The zero-order valence-electron chi connectivity index (χ0n) is 15.8. The summed E-state index contributed by atoms with van der Waals surface area (Å²) >= 11 is 4.72. The zero-order chi connectivity index (χ0) is 20.1. The lowest BCUT2D eigenvalue weighted by Crippen LogP contribution is -2.44. The second kappa shape index (κ2) is 9.40. The summed E-state index contributed by atoms with van der Waals surface area (Å²) in [7, 11) is 0. The fraction of sp³-hybridized carbons (Fsp3) is 0.316. The van der Waals surface area contributed by atoms with Gasteiger partial charge >= 0.3 is 0 Å². The van der Waals surface area contributed by atoms with E-state index in [0.29, 0.717) is 11.6 Å². The van der Waals surface area contributed by atoms with Crippen LogP contribution in [0.2, 0.25) is 0 Å². The average Bonchev–Trinajstić information content (AvgIpc) is 3.39. The molecule has 3 rings (SSSR count). The molecule has 0 saturated heterocycles. The summed E-state index contributed by atoms with van der Waals surface area (Å²) in [5.41, 5.74) is 0.888. The topological polar surface area (TPSA) is 84.2 Å². The number of thioether (sulfide) groups is 1. The molecule has 2 amide bonds. The van der Waals surface area contributed by atoms with Gasteiger partial charge in [-0.15, -0.1) is 22.7 Å². The minimum atomic E-state index is -0.665. The Bertz CT molecular complexity index is 947. The van der Waals surface area contributed by atoms with Crippen molar-refractivity contribution in [1.82, 2.24) is 10.3 Å². The molecule has 0 fully saturated rings. The van der Waals surface area contributed by atoms with Crippen molar-refractivity contribution >= 4 is 51.4 Å². The van der Waals surface area contributed by atoms with Gasteiger partial charge in [0.05, 0.1) is 16.8 Å². The third kappa shape index (κ3) is 5.03. The minimum Gasteiger partial charge on any atom is -0.459 e. The van der Waals surface area contributed by atoms with Crippen molar-refractivity contribution in [2.45, 2.75) is 26.3 Å². The number of thiophene rings is 1. The summed E-state index contributed by atoms with van der Waals surface area (Å²) in [6, 6.07) is 6.64. The molecule has 0 spiro atoms. The number of hydrogen-bond acceptors (Lipinski definition) is 7. The number of carbonyl (C=O) groups excluding carboxylic acids is 2. The van der Waals surface area contributed by atoms with Gasteiger partial charge in [0.2, 0.25) is 5.91 Å². The van der Waals surface area contributed by atoms with Gasteiger partial charge in [0.1, 0.15) is 6.04 Å². The van der Waals surface area contributed by atoms with Crippen molar-refractivity contribution in [3.63, 3.8) is 0 Å². The number of amides is 2. The maximum atomic E-state index is 12.8. The van der Waals surface area contributed by atoms with E-state index in [2.05, 4.69) is 28.6 Å². The van der Waals surface area contributed by atoms with Crippen LogP contribution >= 0.6 is 34.4 Å². The Labute approximate surface area is 175 Å². The summed E-state index contributed by atoms with van der Waals surface area (Å²) in [6.07, 6.45) is 3.90. The maximum Gasteiger partial charge on any atom is 0.287 e. The number of rotatable bonds is 8. The van der Waals surface area contributed by atoms with Crippen LogP contribution in [0.1, 0.15) is 26.7 Å². The summed E-state index contributed by atoms with van der Waals surface area (Å²) in [5.74, 6) is 0.239. The quantitative estimate of drug-likeness (QED) is 0.541. The molecule has 2 N–H and O–H groups in total. The first-order valence-corrected chi connectivity index (χ1v) is 11.7. The number of thiazole rings is 1. The number of carbonyl (C=O) groups is 2. The molecule has 3 heterocycles. The third-order valence-electron chi connectivity index (χ3n) is 3.98. The second-order valence-electron chi connectivity index (χ2n) is 6.11. The van der Waals surface area contributed by atoms with Gasteiger partial charge in [0, 0.05) is 9.75 Å². The van der Waals surface area contributed by atoms with Crippen LogP contribution in [0.4, 0.5) is 5.13 Å². The van der Waals surface area contributed by atoms with Gasteiger partial charge in [-0.3, -0.25) is 9.59 Å². The van der Waals surface area contributed by atoms with Gasteiger partial charge < -0.3 is 15.1 Å². The van der Waals surface area contributed by atoms with Crippen molar-refractivity contribution in [3.05, 3.63) is 46.0 Å². The van der Waals surface area contributed by atoms with Crippen LogP contribution in [-0.4, -0.2) is 34.8 Å². The number of aryl methyl sites for hydroxylation is 2. The Kier molecular flexibility index (Phi) is 6.93. The van der Waals surface area contributed by atoms with Gasteiger partial charge in [-0.2, -0.15) is 11.8 Å². The van der Waals surface area contributed by atoms with E-state index in [0.717, 1.165) is 21.2 Å². The number of aromatic nitrogens is 1. The smallest absolute Gasteiger partial charge is 0.287 e. The van der Waals surface area contributed by atoms with Crippen molar-refractivity contribution < 1.29 is 14.0 Å². The van der Waals surface area contributed by atoms with Crippen LogP contribution in [0, 0.1) is 13.8 Å². The highest BCUT2D eigenvalue weighted by atomic mass is 32.2. The van der Waals surface area contributed by atoms with Crippen LogP contribution < -0.4 is 10.6 Å². The summed E-state index contributed by atoms with van der Waals surface area (Å²) in [5, 5.41) is 6.14. The molecule has 0 aliphatic rings. The van der Waals surface area contributed by atoms with Crippen LogP contribution in [0.25, 0.3) is 10.6 Å². The molecular formula is C19H21N3O3S3. The Balaban J connectivity index is 1.71. The molecule has 9 heteroatoms. The Morgan fingerprint density at radius 2 is 2.07 bits per heavy atom. The lowest BCUT2D eigenvalue weighted by molar-refractivity contribution is -0.118. The third-order valence-corrected chi connectivity index (χ3v) is 6.52. The maximum absolute atomic E-state index is 12.8. The first-order chi connectivity index (χ1) is 13.5. The van der Waals surface area contributed by atoms with Gasteiger partial charge in [-0.25, -0.2) is 4.98 Å². The van der Waals surface area contributed by atoms with Crippen LogP contribution in [-0.2, 0) is 4.79 Å². The van der Waals surface area contributed by atoms with E-state index in [1.54, 1.807) is 35.2 Å². The molecule has 1 atom stereocenters. The van der Waals surface area contributed by atoms with Gasteiger partial charge in [-0.05, 0) is 56.5 Å². The summed E-state index contributed by atoms with van der Waals surface area (Å²) < 4.78 is 5.11. The SMILES string of the molecule is CSCCC(NC(=O)c1ccco1)C(=O)Nc1nc(-c2ccc(C)s2)c(C)s1. The van der Waals surface area contributed by atoms with Crippen molar-refractivity contribution in [3.8, 4) is 10.6 Å². The normalized spacial score (nSPS) is 12.0. The van der Waals surface area contributed by atoms with E-state index in [1.165, 1.54) is 22.5 Å². The van der Waals surface area contributed by atoms with E-state index in [4.69, 9.17) is 4.42 Å². The molecule has 6 nitrogen and oxygen atoms in total. The minimum absolute atomic E-state index is 0.183. The van der Waals surface area contributed by atoms with Crippen LogP contribution in [0.3, 0.4) is 0 Å². The number of nitrogens with zero attached hydrogens (tertiary/aromatic N) is 1. The van der Waals surface area contributed by atoms with Crippen molar-refractivity contribution in [1.29, 1.82) is 0 Å². The highest BCUT2D eigenvalue weighted by molar-refractivity contribution is 7.98. The molecule has 0 bridgehead atoms. The molecule has 0 aromatic carbocycles. The molecule has 3 aromatic rings. The van der Waals surface area contributed by atoms with Crippen molar-refractivity contribution in [2.75, 3.05) is 17.3 Å². The van der Waals surface area contributed by atoms with E-state index in [9.17, 15) is 9.59 Å². The molecule has 0 aliphatic heterocycles. The van der Waals surface area contributed by atoms with Gasteiger partial charge in [0.25, 0.3) is 5.91 Å². The predicted octanol–water partition coefficient (Wildman–Crippen LogP) is 4.57. The highest BCUT2D eigenvalue weighted by Crippen LogP contribution is 2.34. The molecular weight excluding hydrogens is 414 g/mol. The first-order valence-electron chi connectivity index (χ1n) is 8.66. The lowest BCUT2D eigenvalue weighted by Gasteiger charge is -2.16. The van der Waals surface area contributed by atoms with E-state index >= 15 is 0 Å². The van der Waals surface area contributed by atoms with Gasteiger partial charge in [-0.1, -0.05) is 0 Å². The van der Waals surface area contributed by atoms with E-state index in [-0.39, 0.29) is 11.7 Å². The summed E-state index contributed by atoms with van der Waals surface area (Å²) in [4.78, 5) is 33.0.